The van der Waals surface area contributed by atoms with Crippen molar-refractivity contribution in [2.45, 2.75) is 37.1 Å². The highest BCUT2D eigenvalue weighted by atomic mass is 32.2. The topological polar surface area (TPSA) is 92.7 Å². The van der Waals surface area contributed by atoms with Crippen molar-refractivity contribution in [2.24, 2.45) is 5.92 Å². The number of aromatic carboxylic acids is 1. The monoisotopic (exact) mass is 313 g/mol. The van der Waals surface area contributed by atoms with Gasteiger partial charge in [-0.1, -0.05) is 0 Å². The van der Waals surface area contributed by atoms with E-state index in [1.165, 1.54) is 19.2 Å². The fourth-order valence-electron chi connectivity index (χ4n) is 2.31. The molecule has 21 heavy (non-hydrogen) atoms. The van der Waals surface area contributed by atoms with E-state index in [1.54, 1.807) is 0 Å². The van der Waals surface area contributed by atoms with Crippen LogP contribution in [-0.4, -0.2) is 32.1 Å². The van der Waals surface area contributed by atoms with Gasteiger partial charge in [-0.15, -0.1) is 0 Å². The largest absolute Gasteiger partial charge is 0.496 e. The van der Waals surface area contributed by atoms with Crippen LogP contribution in [0, 0.1) is 5.92 Å². The summed E-state index contributed by atoms with van der Waals surface area (Å²) < 4.78 is 32.4. The molecule has 1 saturated carbocycles. The van der Waals surface area contributed by atoms with Gasteiger partial charge in [-0.05, 0) is 50.8 Å². The minimum Gasteiger partial charge on any atom is -0.496 e. The Hall–Kier alpha value is -1.60. The van der Waals surface area contributed by atoms with Crippen molar-refractivity contribution in [3.8, 4) is 5.75 Å². The highest BCUT2D eigenvalue weighted by Gasteiger charge is 2.40. The quantitative estimate of drug-likeness (QED) is 0.836. The zero-order chi connectivity index (χ0) is 15.8. The molecule has 0 atom stereocenters. The predicted molar refractivity (Wildman–Crippen MR) is 77.1 cm³/mol. The molecule has 0 spiro atoms. The Kier molecular flexibility index (Phi) is 3.99. The van der Waals surface area contributed by atoms with Gasteiger partial charge in [0, 0.05) is 5.54 Å². The van der Waals surface area contributed by atoms with Crippen LogP contribution in [0.15, 0.2) is 23.1 Å². The molecule has 0 saturated heterocycles. The van der Waals surface area contributed by atoms with E-state index < -0.39 is 21.5 Å². The maximum absolute atomic E-state index is 12.4. The summed E-state index contributed by atoms with van der Waals surface area (Å²) in [5, 5.41) is 9.12. The molecular formula is C14H19NO5S. The number of methoxy groups -OCH3 is 1. The normalized spacial score (nSPS) is 15.8. The van der Waals surface area contributed by atoms with Crippen LogP contribution in [0.1, 0.15) is 37.0 Å². The number of benzene rings is 1. The first-order chi connectivity index (χ1) is 9.67. The van der Waals surface area contributed by atoms with Gasteiger partial charge >= 0.3 is 5.97 Å². The van der Waals surface area contributed by atoms with E-state index in [4.69, 9.17) is 9.84 Å². The van der Waals surface area contributed by atoms with Gasteiger partial charge in [0.05, 0.1) is 12.0 Å². The lowest BCUT2D eigenvalue weighted by atomic mass is 10.0. The van der Waals surface area contributed by atoms with Crippen molar-refractivity contribution >= 4 is 16.0 Å². The van der Waals surface area contributed by atoms with E-state index in [0.717, 1.165) is 18.9 Å². The maximum atomic E-state index is 12.4. The van der Waals surface area contributed by atoms with Crippen LogP contribution in [0.25, 0.3) is 0 Å². The first kappa shape index (κ1) is 15.8. The Labute approximate surface area is 124 Å². The zero-order valence-corrected chi connectivity index (χ0v) is 13.0. The second-order valence-electron chi connectivity index (χ2n) is 5.77. The third kappa shape index (κ3) is 3.36. The van der Waals surface area contributed by atoms with E-state index in [9.17, 15) is 13.2 Å². The summed E-state index contributed by atoms with van der Waals surface area (Å²) in [6, 6.07) is 3.81. The highest BCUT2D eigenvalue weighted by Crippen LogP contribution is 2.40. The van der Waals surface area contributed by atoms with E-state index in [2.05, 4.69) is 4.72 Å². The summed E-state index contributed by atoms with van der Waals surface area (Å²) in [6.45, 7) is 3.67. The third-order valence-corrected chi connectivity index (χ3v) is 5.38. The Bertz CT molecular complexity index is 662. The number of carbonyl (C=O) groups is 1. The van der Waals surface area contributed by atoms with Crippen molar-refractivity contribution in [1.82, 2.24) is 4.72 Å². The molecule has 6 nitrogen and oxygen atoms in total. The Morgan fingerprint density at radius 2 is 2.00 bits per heavy atom. The van der Waals surface area contributed by atoms with Crippen LogP contribution in [0.2, 0.25) is 0 Å². The minimum absolute atomic E-state index is 0.0746. The molecule has 0 heterocycles. The molecule has 0 aliphatic heterocycles. The van der Waals surface area contributed by atoms with Crippen molar-refractivity contribution in [3.05, 3.63) is 23.8 Å². The third-order valence-electron chi connectivity index (χ3n) is 3.71. The molecular weight excluding hydrogens is 294 g/mol. The molecule has 0 aromatic heterocycles. The lowest BCUT2D eigenvalue weighted by Gasteiger charge is -2.25. The van der Waals surface area contributed by atoms with Crippen molar-refractivity contribution in [3.63, 3.8) is 0 Å². The van der Waals surface area contributed by atoms with Crippen molar-refractivity contribution in [1.29, 1.82) is 0 Å². The molecule has 1 aliphatic carbocycles. The van der Waals surface area contributed by atoms with Gasteiger partial charge in [0.15, 0.2) is 0 Å². The van der Waals surface area contributed by atoms with Gasteiger partial charge in [0.25, 0.3) is 0 Å². The van der Waals surface area contributed by atoms with Crippen LogP contribution in [0.3, 0.4) is 0 Å². The summed E-state index contributed by atoms with van der Waals surface area (Å²) in [5.74, 6) is -0.780. The summed E-state index contributed by atoms with van der Waals surface area (Å²) in [7, 11) is -2.44. The Balaban J connectivity index is 2.36. The summed E-state index contributed by atoms with van der Waals surface area (Å²) in [5.41, 5.74) is -0.716. The maximum Gasteiger partial charge on any atom is 0.339 e. The number of nitrogens with one attached hydrogen (secondary N) is 1. The highest BCUT2D eigenvalue weighted by molar-refractivity contribution is 7.89. The molecule has 7 heteroatoms. The van der Waals surface area contributed by atoms with Crippen molar-refractivity contribution < 1.29 is 23.1 Å². The van der Waals surface area contributed by atoms with Crippen LogP contribution >= 0.6 is 0 Å². The first-order valence-electron chi connectivity index (χ1n) is 6.62. The Morgan fingerprint density at radius 1 is 1.38 bits per heavy atom. The number of carboxylic acid groups (broad SMARTS) is 1. The lowest BCUT2D eigenvalue weighted by Crippen LogP contribution is -2.45. The molecule has 0 radical (unpaired) electrons. The van der Waals surface area contributed by atoms with Gasteiger partial charge in [-0.3, -0.25) is 0 Å². The second kappa shape index (κ2) is 5.31. The van der Waals surface area contributed by atoms with E-state index >= 15 is 0 Å². The predicted octanol–water partition coefficient (Wildman–Crippen LogP) is 1.86. The van der Waals surface area contributed by atoms with Gasteiger partial charge < -0.3 is 9.84 Å². The molecule has 1 aliphatic rings. The molecule has 0 bridgehead atoms. The number of sulfonamides is 1. The van der Waals surface area contributed by atoms with Crippen LogP contribution in [0.5, 0.6) is 5.75 Å². The average molecular weight is 313 g/mol. The van der Waals surface area contributed by atoms with Crippen LogP contribution < -0.4 is 9.46 Å². The molecule has 2 N–H and O–H groups in total. The first-order valence-corrected chi connectivity index (χ1v) is 8.11. The van der Waals surface area contributed by atoms with Gasteiger partial charge in [-0.2, -0.15) is 0 Å². The number of carboxylic acids is 1. The fraction of sp³-hybridized carbons (Fsp3) is 0.500. The summed E-state index contributed by atoms with van der Waals surface area (Å²) in [4.78, 5) is 11.1. The number of hydrogen-bond donors (Lipinski definition) is 2. The molecule has 1 aromatic carbocycles. The molecule has 0 unspecified atom stereocenters. The van der Waals surface area contributed by atoms with Crippen LogP contribution in [0.4, 0.5) is 0 Å². The summed E-state index contributed by atoms with van der Waals surface area (Å²) >= 11 is 0. The molecule has 1 fully saturated rings. The smallest absolute Gasteiger partial charge is 0.339 e. The van der Waals surface area contributed by atoms with Crippen molar-refractivity contribution in [2.75, 3.05) is 7.11 Å². The standard InChI is InChI=1S/C14H19NO5S/c1-14(2,9-4-5-9)15-21(18,19)10-6-7-12(20-3)11(8-10)13(16)17/h6-9,15H,4-5H2,1-3H3,(H,16,17). The SMILES string of the molecule is COc1ccc(S(=O)(=O)NC(C)(C)C2CC2)cc1C(=O)O. The average Bonchev–Trinajstić information content (AvgIpc) is 3.21. The fourth-order valence-corrected chi connectivity index (χ4v) is 3.81. The Morgan fingerprint density at radius 3 is 2.48 bits per heavy atom. The van der Waals surface area contributed by atoms with E-state index in [-0.39, 0.29) is 16.2 Å². The minimum atomic E-state index is -3.77. The second-order valence-corrected chi connectivity index (χ2v) is 7.45. The molecule has 1 aromatic rings. The lowest BCUT2D eigenvalue weighted by molar-refractivity contribution is 0.0693. The number of rotatable bonds is 6. The van der Waals surface area contributed by atoms with Crippen LogP contribution in [-0.2, 0) is 10.0 Å². The molecule has 0 amide bonds. The molecule has 116 valence electrons. The molecule has 2 rings (SSSR count). The number of hydrogen-bond acceptors (Lipinski definition) is 4. The summed E-state index contributed by atoms with van der Waals surface area (Å²) in [6.07, 6.45) is 2.00. The van der Waals surface area contributed by atoms with Gasteiger partial charge in [0.1, 0.15) is 11.3 Å². The van der Waals surface area contributed by atoms with Gasteiger partial charge in [0.2, 0.25) is 10.0 Å². The van der Waals surface area contributed by atoms with E-state index in [1.807, 2.05) is 13.8 Å². The zero-order valence-electron chi connectivity index (χ0n) is 12.2. The number of ether oxygens (including phenoxy) is 1. The van der Waals surface area contributed by atoms with E-state index in [0.29, 0.717) is 5.92 Å². The van der Waals surface area contributed by atoms with Gasteiger partial charge in [-0.25, -0.2) is 17.9 Å².